The van der Waals surface area contributed by atoms with Crippen LogP contribution in [0.25, 0.3) is 10.8 Å². The minimum atomic E-state index is -3.89. The molecule has 0 spiro atoms. The van der Waals surface area contributed by atoms with Gasteiger partial charge in [-0.3, -0.25) is 9.52 Å². The zero-order chi connectivity index (χ0) is 29.1. The molecule has 1 aliphatic rings. The fraction of sp³-hybridized carbons (Fsp3) is 0.0938. The Morgan fingerprint density at radius 3 is 2.40 bits per heavy atom. The minimum absolute atomic E-state index is 0.00758. The first kappa shape index (κ1) is 27.4. The molecule has 6 rings (SSSR count). The van der Waals surface area contributed by atoms with E-state index in [1.165, 1.54) is 23.2 Å². The predicted octanol–water partition coefficient (Wildman–Crippen LogP) is 6.24. The Balaban J connectivity index is 1.22. The molecule has 8 nitrogen and oxygen atoms in total. The maximum Gasteiger partial charge on any atom is 0.340 e. The van der Waals surface area contributed by atoms with E-state index in [1.54, 1.807) is 23.6 Å². The number of thiophene rings is 1. The van der Waals surface area contributed by atoms with Gasteiger partial charge in [-0.05, 0) is 51.5 Å². The molecule has 0 fully saturated rings. The summed E-state index contributed by atoms with van der Waals surface area (Å²) < 4.78 is 33.4. The maximum absolute atomic E-state index is 13.5. The second kappa shape index (κ2) is 11.6. The lowest BCUT2D eigenvalue weighted by Gasteiger charge is -2.22. The molecule has 5 aromatic rings. The highest BCUT2D eigenvalue weighted by atomic mass is 32.2. The summed E-state index contributed by atoms with van der Waals surface area (Å²) >= 11 is 1.06. The summed E-state index contributed by atoms with van der Waals surface area (Å²) in [6, 6.07) is 32.5. The fourth-order valence-corrected chi connectivity index (χ4v) is 6.92. The highest BCUT2D eigenvalue weighted by Gasteiger charge is 2.34. The second-order valence-corrected chi connectivity index (χ2v) is 12.5. The smallest absolute Gasteiger partial charge is 0.340 e. The Morgan fingerprint density at radius 2 is 1.62 bits per heavy atom. The van der Waals surface area contributed by atoms with Crippen LogP contribution in [0.5, 0.6) is 0 Å². The van der Waals surface area contributed by atoms with Gasteiger partial charge in [-0.2, -0.15) is 5.10 Å². The quantitative estimate of drug-likeness (QED) is 0.214. The van der Waals surface area contributed by atoms with E-state index in [0.29, 0.717) is 6.42 Å². The molecule has 1 N–H and O–H groups in total. The lowest BCUT2D eigenvalue weighted by Crippen LogP contribution is -2.31. The van der Waals surface area contributed by atoms with Gasteiger partial charge in [-0.1, -0.05) is 84.9 Å². The topological polar surface area (TPSA) is 105 Å². The van der Waals surface area contributed by atoms with Crippen molar-refractivity contribution in [1.82, 2.24) is 5.01 Å². The number of carbonyl (C=O) groups excluding carboxylic acids is 2. The average Bonchev–Trinajstić information content (AvgIpc) is 3.72. The minimum Gasteiger partial charge on any atom is -0.452 e. The van der Waals surface area contributed by atoms with Crippen molar-refractivity contribution >= 4 is 55.4 Å². The van der Waals surface area contributed by atoms with E-state index in [4.69, 9.17) is 4.74 Å². The molecule has 0 radical (unpaired) electrons. The van der Waals surface area contributed by atoms with Crippen LogP contribution in [0.15, 0.2) is 124 Å². The van der Waals surface area contributed by atoms with E-state index in [-0.39, 0.29) is 21.5 Å². The molecular weight excluding hydrogens is 571 g/mol. The number of hydrogen-bond acceptors (Lipinski definition) is 7. The van der Waals surface area contributed by atoms with E-state index in [1.807, 2.05) is 66.7 Å². The van der Waals surface area contributed by atoms with Crippen molar-refractivity contribution < 1.29 is 22.7 Å². The first-order chi connectivity index (χ1) is 20.4. The van der Waals surface area contributed by atoms with Gasteiger partial charge in [0.25, 0.3) is 15.9 Å². The van der Waals surface area contributed by atoms with Gasteiger partial charge in [0.2, 0.25) is 0 Å². The van der Waals surface area contributed by atoms with E-state index in [2.05, 4.69) is 15.9 Å². The molecule has 2 heterocycles. The van der Waals surface area contributed by atoms with Crippen LogP contribution in [0.1, 0.15) is 33.9 Å². The SMILES string of the molecule is O=C(OCC(=O)N1N=C(c2ccc3ccccc3c2)CC1c1ccccc1)c1ccccc1NS(=O)(=O)c1cccs1. The number of nitrogens with one attached hydrogen (secondary N) is 1. The first-order valence-corrected chi connectivity index (χ1v) is 15.5. The lowest BCUT2D eigenvalue weighted by atomic mass is 9.97. The van der Waals surface area contributed by atoms with E-state index in [0.717, 1.165) is 38.9 Å². The van der Waals surface area contributed by atoms with Crippen molar-refractivity contribution in [3.05, 3.63) is 131 Å². The Labute approximate surface area is 246 Å². The summed E-state index contributed by atoms with van der Waals surface area (Å²) in [5.74, 6) is -1.33. The van der Waals surface area contributed by atoms with Crippen LogP contribution >= 0.6 is 11.3 Å². The number of anilines is 1. The number of hydrogen-bond donors (Lipinski definition) is 1. The predicted molar refractivity (Wildman–Crippen MR) is 163 cm³/mol. The molecule has 1 aromatic heterocycles. The second-order valence-electron chi connectivity index (χ2n) is 9.64. The molecular formula is C32H25N3O5S2. The third-order valence-corrected chi connectivity index (χ3v) is 9.67. The Kier molecular flexibility index (Phi) is 7.56. The Morgan fingerprint density at radius 1 is 0.881 bits per heavy atom. The molecule has 0 bridgehead atoms. The van der Waals surface area contributed by atoms with Crippen molar-refractivity contribution in [2.45, 2.75) is 16.7 Å². The van der Waals surface area contributed by atoms with Crippen LogP contribution in [0.3, 0.4) is 0 Å². The average molecular weight is 596 g/mol. The van der Waals surface area contributed by atoms with Crippen LogP contribution in [0.2, 0.25) is 0 Å². The molecule has 1 atom stereocenters. The van der Waals surface area contributed by atoms with Gasteiger partial charge in [0.15, 0.2) is 6.61 Å². The van der Waals surface area contributed by atoms with E-state index in [9.17, 15) is 18.0 Å². The summed E-state index contributed by atoms with van der Waals surface area (Å²) in [5, 5.41) is 9.89. The number of esters is 1. The van der Waals surface area contributed by atoms with Crippen LogP contribution in [-0.2, 0) is 19.6 Å². The molecule has 210 valence electrons. The third-order valence-electron chi connectivity index (χ3n) is 6.91. The largest absolute Gasteiger partial charge is 0.452 e. The molecule has 0 saturated carbocycles. The molecule has 0 aliphatic carbocycles. The summed E-state index contributed by atoms with van der Waals surface area (Å²) in [6.07, 6.45) is 0.495. The van der Waals surface area contributed by atoms with Crippen molar-refractivity contribution in [2.75, 3.05) is 11.3 Å². The van der Waals surface area contributed by atoms with Crippen molar-refractivity contribution in [3.63, 3.8) is 0 Å². The number of benzene rings is 4. The molecule has 4 aromatic carbocycles. The summed E-state index contributed by atoms with van der Waals surface area (Å²) in [4.78, 5) is 26.5. The van der Waals surface area contributed by atoms with Crippen LogP contribution < -0.4 is 4.72 Å². The van der Waals surface area contributed by atoms with Crippen LogP contribution in [0, 0.1) is 0 Å². The molecule has 10 heteroatoms. The van der Waals surface area contributed by atoms with Crippen molar-refractivity contribution in [3.8, 4) is 0 Å². The summed E-state index contributed by atoms with van der Waals surface area (Å²) in [6.45, 7) is -0.567. The van der Waals surface area contributed by atoms with Gasteiger partial charge in [-0.25, -0.2) is 18.2 Å². The van der Waals surface area contributed by atoms with E-state index < -0.39 is 28.5 Å². The molecule has 1 unspecified atom stereocenters. The lowest BCUT2D eigenvalue weighted by molar-refractivity contribution is -0.136. The van der Waals surface area contributed by atoms with Gasteiger partial charge < -0.3 is 4.74 Å². The zero-order valence-electron chi connectivity index (χ0n) is 22.2. The third kappa shape index (κ3) is 5.67. The molecule has 1 amide bonds. The normalized spacial score (nSPS) is 14.9. The number of para-hydroxylation sites is 1. The maximum atomic E-state index is 13.5. The first-order valence-electron chi connectivity index (χ1n) is 13.2. The number of fused-ring (bicyclic) bond motifs is 1. The van der Waals surface area contributed by atoms with Crippen molar-refractivity contribution in [1.29, 1.82) is 0 Å². The number of rotatable bonds is 8. The van der Waals surface area contributed by atoms with Gasteiger partial charge in [0.1, 0.15) is 4.21 Å². The monoisotopic (exact) mass is 595 g/mol. The van der Waals surface area contributed by atoms with Crippen LogP contribution in [-0.4, -0.2) is 37.6 Å². The number of ether oxygens (including phenoxy) is 1. The van der Waals surface area contributed by atoms with Gasteiger partial charge in [-0.15, -0.1) is 11.3 Å². The molecule has 0 saturated heterocycles. The Bertz CT molecular complexity index is 1910. The van der Waals surface area contributed by atoms with Gasteiger partial charge in [0, 0.05) is 6.42 Å². The highest BCUT2D eigenvalue weighted by Crippen LogP contribution is 2.33. The number of amides is 1. The summed E-state index contributed by atoms with van der Waals surface area (Å²) in [5.41, 5.74) is 2.62. The molecule has 1 aliphatic heterocycles. The van der Waals surface area contributed by atoms with Crippen molar-refractivity contribution in [2.24, 2.45) is 5.10 Å². The molecule has 42 heavy (non-hydrogen) atoms. The van der Waals surface area contributed by atoms with Crippen LogP contribution in [0.4, 0.5) is 5.69 Å². The van der Waals surface area contributed by atoms with E-state index >= 15 is 0 Å². The summed E-state index contributed by atoms with van der Waals surface area (Å²) in [7, 11) is -3.89. The van der Waals surface area contributed by atoms with Gasteiger partial charge >= 0.3 is 5.97 Å². The van der Waals surface area contributed by atoms with Gasteiger partial charge in [0.05, 0.1) is 23.0 Å². The number of nitrogens with zero attached hydrogens (tertiary/aromatic N) is 2. The fourth-order valence-electron chi connectivity index (χ4n) is 4.85. The highest BCUT2D eigenvalue weighted by molar-refractivity contribution is 7.94. The Hall–Kier alpha value is -4.80. The number of sulfonamides is 1. The zero-order valence-corrected chi connectivity index (χ0v) is 23.8. The standard InChI is InChI=1S/C32H25N3O5S2/c36-30(21-40-32(37)26-13-6-7-14-27(26)34-42(38,39)31-15-8-18-41-31)35-29(23-10-2-1-3-11-23)20-28(33-35)25-17-16-22-9-4-5-12-24(22)19-25/h1-19,29,34H,20-21H2. The number of carbonyl (C=O) groups is 2. The number of hydrazone groups is 1.